The van der Waals surface area contributed by atoms with E-state index in [0.29, 0.717) is 11.6 Å². The van der Waals surface area contributed by atoms with E-state index < -0.39 is 0 Å². The minimum Gasteiger partial charge on any atom is -0.492 e. The number of aromatic nitrogens is 3. The van der Waals surface area contributed by atoms with E-state index in [9.17, 15) is 0 Å². The molecule has 0 aliphatic heterocycles. The molecule has 144 valence electrons. The summed E-state index contributed by atoms with van der Waals surface area (Å²) in [7, 11) is 3.76. The maximum atomic E-state index is 5.86. The maximum absolute atomic E-state index is 5.86. The normalized spacial score (nSPS) is 11.0. The highest BCUT2D eigenvalue weighted by molar-refractivity contribution is 14.0. The molecule has 0 spiro atoms. The van der Waals surface area contributed by atoms with Crippen molar-refractivity contribution in [1.29, 1.82) is 0 Å². The number of hydrogen-bond donors (Lipinski definition) is 1. The molecule has 1 heterocycles. The Labute approximate surface area is 176 Å². The fourth-order valence-corrected chi connectivity index (χ4v) is 2.48. The van der Waals surface area contributed by atoms with Crippen molar-refractivity contribution < 1.29 is 4.74 Å². The zero-order valence-corrected chi connectivity index (χ0v) is 18.4. The molecule has 0 amide bonds. The van der Waals surface area contributed by atoms with Crippen LogP contribution in [0.1, 0.15) is 12.7 Å². The lowest BCUT2D eigenvalue weighted by Crippen LogP contribution is -2.42. The number of nitrogens with zero attached hydrogens (tertiary/aromatic N) is 5. The molecule has 0 atom stereocenters. The molecule has 7 nitrogen and oxygen atoms in total. The fourth-order valence-electron chi connectivity index (χ4n) is 2.35. The molecule has 0 fully saturated rings. The standard InChI is InChI=1S/C17H25ClN6O.HI/c1-4-16-22-21-13-24(16)10-9-20-17(19-2)23(3)11-12-25-15-7-5-14(18)6-8-15;/h5-8,13H,4,9-12H2,1-3H3,(H,19,20);1H. The van der Waals surface area contributed by atoms with Crippen LogP contribution < -0.4 is 10.1 Å². The number of guanidine groups is 1. The monoisotopic (exact) mass is 492 g/mol. The van der Waals surface area contributed by atoms with Crippen molar-refractivity contribution >= 4 is 41.5 Å². The van der Waals surface area contributed by atoms with Crippen LogP contribution in [-0.4, -0.2) is 59.4 Å². The third-order valence-electron chi connectivity index (χ3n) is 3.73. The molecule has 2 rings (SSSR count). The number of ether oxygens (including phenoxy) is 1. The zero-order chi connectivity index (χ0) is 18.1. The van der Waals surface area contributed by atoms with Crippen LogP contribution in [0, 0.1) is 0 Å². The maximum Gasteiger partial charge on any atom is 0.193 e. The lowest BCUT2D eigenvalue weighted by atomic mass is 10.3. The van der Waals surface area contributed by atoms with Gasteiger partial charge in [0.2, 0.25) is 0 Å². The summed E-state index contributed by atoms with van der Waals surface area (Å²) in [5.74, 6) is 2.62. The van der Waals surface area contributed by atoms with Gasteiger partial charge in [-0.25, -0.2) is 0 Å². The van der Waals surface area contributed by atoms with Gasteiger partial charge >= 0.3 is 0 Å². The van der Waals surface area contributed by atoms with E-state index in [1.807, 2.05) is 40.8 Å². The van der Waals surface area contributed by atoms with E-state index in [0.717, 1.165) is 43.6 Å². The van der Waals surface area contributed by atoms with Gasteiger partial charge in [-0.3, -0.25) is 4.99 Å². The van der Waals surface area contributed by atoms with E-state index in [2.05, 4.69) is 27.4 Å². The Morgan fingerprint density at radius 2 is 2.08 bits per heavy atom. The summed E-state index contributed by atoms with van der Waals surface area (Å²) in [5.41, 5.74) is 0. The number of nitrogens with one attached hydrogen (secondary N) is 1. The first kappa shape index (κ1) is 22.5. The Morgan fingerprint density at radius 1 is 1.35 bits per heavy atom. The lowest BCUT2D eigenvalue weighted by molar-refractivity contribution is 0.281. The number of benzene rings is 1. The van der Waals surface area contributed by atoms with Crippen LogP contribution in [0.15, 0.2) is 35.6 Å². The van der Waals surface area contributed by atoms with E-state index >= 15 is 0 Å². The highest BCUT2D eigenvalue weighted by Gasteiger charge is 2.07. The summed E-state index contributed by atoms with van der Waals surface area (Å²) in [6.45, 7) is 4.89. The highest BCUT2D eigenvalue weighted by atomic mass is 127. The van der Waals surface area contributed by atoms with Crippen molar-refractivity contribution in [2.75, 3.05) is 33.8 Å². The quantitative estimate of drug-likeness (QED) is 0.349. The topological polar surface area (TPSA) is 67.6 Å². The van der Waals surface area contributed by atoms with Crippen molar-refractivity contribution in [2.45, 2.75) is 19.9 Å². The summed E-state index contributed by atoms with van der Waals surface area (Å²) in [6.07, 6.45) is 2.63. The van der Waals surface area contributed by atoms with Crippen LogP contribution in [0.2, 0.25) is 5.02 Å². The number of aryl methyl sites for hydroxylation is 1. The second-order valence-corrected chi connectivity index (χ2v) is 5.93. The third kappa shape index (κ3) is 6.99. The molecule has 0 saturated heterocycles. The highest BCUT2D eigenvalue weighted by Crippen LogP contribution is 2.15. The first-order chi connectivity index (χ1) is 12.1. The molecule has 0 aliphatic rings. The first-order valence-corrected chi connectivity index (χ1v) is 8.68. The van der Waals surface area contributed by atoms with E-state index in [4.69, 9.17) is 16.3 Å². The number of rotatable bonds is 8. The van der Waals surface area contributed by atoms with Gasteiger partial charge < -0.3 is 19.5 Å². The van der Waals surface area contributed by atoms with Gasteiger partial charge in [0.1, 0.15) is 24.5 Å². The van der Waals surface area contributed by atoms with E-state index in [1.54, 1.807) is 13.4 Å². The molecule has 9 heteroatoms. The molecule has 0 saturated carbocycles. The number of likely N-dealkylation sites (N-methyl/N-ethyl adjacent to an activating group) is 1. The summed E-state index contributed by atoms with van der Waals surface area (Å²) in [6, 6.07) is 7.35. The van der Waals surface area contributed by atoms with Crippen LogP contribution in [0.5, 0.6) is 5.75 Å². The molecule has 26 heavy (non-hydrogen) atoms. The van der Waals surface area contributed by atoms with E-state index in [1.165, 1.54) is 0 Å². The van der Waals surface area contributed by atoms with Gasteiger partial charge in [0.15, 0.2) is 5.96 Å². The van der Waals surface area contributed by atoms with Gasteiger partial charge in [0.25, 0.3) is 0 Å². The predicted octanol–water partition coefficient (Wildman–Crippen LogP) is 2.70. The second-order valence-electron chi connectivity index (χ2n) is 5.49. The second kappa shape index (κ2) is 11.9. The minimum absolute atomic E-state index is 0. The molecule has 1 aromatic heterocycles. The first-order valence-electron chi connectivity index (χ1n) is 8.31. The van der Waals surface area contributed by atoms with E-state index in [-0.39, 0.29) is 24.0 Å². The van der Waals surface area contributed by atoms with Crippen molar-refractivity contribution in [2.24, 2.45) is 4.99 Å². The predicted molar refractivity (Wildman–Crippen MR) is 116 cm³/mol. The van der Waals surface area contributed by atoms with Crippen LogP contribution in [0.3, 0.4) is 0 Å². The molecular weight excluding hydrogens is 467 g/mol. The van der Waals surface area contributed by atoms with Crippen LogP contribution in [0.25, 0.3) is 0 Å². The number of hydrogen-bond acceptors (Lipinski definition) is 4. The van der Waals surface area contributed by atoms with Crippen LogP contribution >= 0.6 is 35.6 Å². The van der Waals surface area contributed by atoms with Gasteiger partial charge in [-0.1, -0.05) is 18.5 Å². The van der Waals surface area contributed by atoms with Crippen LogP contribution in [-0.2, 0) is 13.0 Å². The summed E-state index contributed by atoms with van der Waals surface area (Å²) >= 11 is 5.86. The number of aliphatic imine (C=N–C) groups is 1. The van der Waals surface area contributed by atoms with Crippen LogP contribution in [0.4, 0.5) is 0 Å². The largest absolute Gasteiger partial charge is 0.492 e. The van der Waals surface area contributed by atoms with Crippen molar-refractivity contribution in [3.8, 4) is 5.75 Å². The summed E-state index contributed by atoms with van der Waals surface area (Å²) in [5, 5.41) is 12.1. The minimum atomic E-state index is 0. The fraction of sp³-hybridized carbons (Fsp3) is 0.471. The van der Waals surface area contributed by atoms with Gasteiger partial charge in [-0.2, -0.15) is 0 Å². The van der Waals surface area contributed by atoms with Gasteiger partial charge in [-0.05, 0) is 24.3 Å². The molecule has 1 aromatic carbocycles. The van der Waals surface area contributed by atoms with Crippen molar-refractivity contribution in [3.05, 3.63) is 41.4 Å². The summed E-state index contributed by atoms with van der Waals surface area (Å²) in [4.78, 5) is 6.34. The zero-order valence-electron chi connectivity index (χ0n) is 15.4. The Morgan fingerprint density at radius 3 is 2.73 bits per heavy atom. The molecule has 2 aromatic rings. The summed E-state index contributed by atoms with van der Waals surface area (Å²) < 4.78 is 7.76. The van der Waals surface area contributed by atoms with Gasteiger partial charge in [-0.15, -0.1) is 34.2 Å². The van der Waals surface area contributed by atoms with Gasteiger partial charge in [0.05, 0.1) is 6.54 Å². The Balaban J connectivity index is 0.00000338. The number of halogens is 2. The van der Waals surface area contributed by atoms with Crippen molar-refractivity contribution in [3.63, 3.8) is 0 Å². The Hall–Kier alpha value is -1.55. The third-order valence-corrected chi connectivity index (χ3v) is 3.98. The molecule has 0 radical (unpaired) electrons. The van der Waals surface area contributed by atoms with Crippen molar-refractivity contribution in [1.82, 2.24) is 25.0 Å². The average molecular weight is 493 g/mol. The molecule has 0 aliphatic carbocycles. The SMILES string of the molecule is CCc1nncn1CCNC(=NC)N(C)CCOc1ccc(Cl)cc1.I. The average Bonchev–Trinajstić information content (AvgIpc) is 3.08. The molecular formula is C17H26ClIN6O. The van der Waals surface area contributed by atoms with Gasteiger partial charge in [0, 0.05) is 38.6 Å². The Bertz CT molecular complexity index is 676. The smallest absolute Gasteiger partial charge is 0.193 e. The molecule has 0 bridgehead atoms. The Kier molecular flexibility index (Phi) is 10.3. The lowest BCUT2D eigenvalue weighted by Gasteiger charge is -2.22. The molecule has 0 unspecified atom stereocenters. The molecule has 1 N–H and O–H groups in total.